The number of hydrogen-bond donors (Lipinski definition) is 0. The van der Waals surface area contributed by atoms with Gasteiger partial charge in [-0.3, -0.25) is 0 Å². The Balaban J connectivity index is 2.83. The van der Waals surface area contributed by atoms with Crippen LogP contribution in [0.2, 0.25) is 4.82 Å². The number of carbonyl (C=O) groups excluding carboxylic acids is 2. The van der Waals surface area contributed by atoms with Crippen LogP contribution >= 0.6 is 0 Å². The molecule has 0 spiro atoms. The van der Waals surface area contributed by atoms with Gasteiger partial charge >= 0.3 is 145 Å². The summed E-state index contributed by atoms with van der Waals surface area (Å²) in [7, 11) is 0. The molecule has 5 heteroatoms. The fourth-order valence-electron chi connectivity index (χ4n) is 1.74. The summed E-state index contributed by atoms with van der Waals surface area (Å²) in [5.41, 5.74) is -1.13. The Morgan fingerprint density at radius 2 is 1.48 bits per heavy atom. The molecular weight excluding hydrogens is 359 g/mol. The van der Waals surface area contributed by atoms with Crippen molar-refractivity contribution in [3.63, 3.8) is 0 Å². The van der Waals surface area contributed by atoms with E-state index in [1.165, 1.54) is 0 Å². The zero-order valence-electron chi connectivity index (χ0n) is 14.7. The van der Waals surface area contributed by atoms with Crippen LogP contribution in [0, 0.1) is 0 Å². The molecule has 0 fully saturated rings. The Morgan fingerprint density at radius 1 is 0.957 bits per heavy atom. The third-order valence-corrected chi connectivity index (χ3v) is 4.96. The quantitative estimate of drug-likeness (QED) is 0.578. The zero-order valence-corrected chi connectivity index (χ0v) is 16.4. The molecule has 1 atom stereocenters. The van der Waals surface area contributed by atoms with Gasteiger partial charge < -0.3 is 0 Å². The van der Waals surface area contributed by atoms with Gasteiger partial charge in [0.2, 0.25) is 0 Å². The van der Waals surface area contributed by atoms with Gasteiger partial charge in [0.15, 0.2) is 0 Å². The van der Waals surface area contributed by atoms with E-state index in [2.05, 4.69) is 0 Å². The Kier molecular flexibility index (Phi) is 6.84. The molecule has 0 aliphatic carbocycles. The van der Waals surface area contributed by atoms with Gasteiger partial charge in [0.05, 0.1) is 0 Å². The van der Waals surface area contributed by atoms with Gasteiger partial charge in [-0.1, -0.05) is 0 Å². The van der Waals surface area contributed by atoms with Crippen LogP contribution in [0.25, 0.3) is 0 Å². The van der Waals surface area contributed by atoms with E-state index in [0.717, 1.165) is 4.46 Å². The SMILES string of the molecule is CC(C)(C)OC(=O)CC([Se]c1ccccc1)C(=O)OC(C)(C)C. The summed E-state index contributed by atoms with van der Waals surface area (Å²) in [6.07, 6.45) is 0.0427. The molecule has 0 aromatic heterocycles. The molecule has 0 saturated carbocycles. The summed E-state index contributed by atoms with van der Waals surface area (Å²) in [5.74, 6) is -0.710. The summed E-state index contributed by atoms with van der Waals surface area (Å²) < 4.78 is 11.9. The molecule has 0 aliphatic heterocycles. The number of hydrogen-bond acceptors (Lipinski definition) is 4. The summed E-state index contributed by atoms with van der Waals surface area (Å²) in [5, 5.41) is 0. The maximum atomic E-state index is 12.4. The predicted molar refractivity (Wildman–Crippen MR) is 91.9 cm³/mol. The van der Waals surface area contributed by atoms with Gasteiger partial charge in [-0.15, -0.1) is 0 Å². The first-order valence-corrected chi connectivity index (χ1v) is 9.47. The van der Waals surface area contributed by atoms with Gasteiger partial charge in [-0.05, 0) is 0 Å². The standard InChI is InChI=1S/C18H26O4Se/c1-17(2,3)21-15(19)12-14(16(20)22-18(4,5)6)23-13-10-8-7-9-11-13/h7-11,14H,12H2,1-6H3. The van der Waals surface area contributed by atoms with E-state index in [4.69, 9.17) is 9.47 Å². The van der Waals surface area contributed by atoms with Crippen LogP contribution < -0.4 is 4.46 Å². The minimum absolute atomic E-state index is 0.0427. The fourth-order valence-corrected chi connectivity index (χ4v) is 3.85. The molecule has 0 amide bonds. The summed E-state index contributed by atoms with van der Waals surface area (Å²) in [4.78, 5) is 24.1. The summed E-state index contributed by atoms with van der Waals surface area (Å²) >= 11 is -0.194. The van der Waals surface area contributed by atoms with E-state index in [9.17, 15) is 9.59 Å². The van der Waals surface area contributed by atoms with Gasteiger partial charge in [-0.2, -0.15) is 0 Å². The molecule has 0 radical (unpaired) electrons. The number of ether oxygens (including phenoxy) is 2. The molecule has 1 unspecified atom stereocenters. The average molecular weight is 385 g/mol. The molecule has 0 bridgehead atoms. The first-order valence-electron chi connectivity index (χ1n) is 7.63. The van der Waals surface area contributed by atoms with Crippen LogP contribution in [0.1, 0.15) is 48.0 Å². The molecule has 1 rings (SSSR count). The van der Waals surface area contributed by atoms with Crippen molar-refractivity contribution in [3.05, 3.63) is 30.3 Å². The summed E-state index contributed by atoms with van der Waals surface area (Å²) in [6.45, 7) is 10.9. The van der Waals surface area contributed by atoms with Crippen molar-refractivity contribution in [3.8, 4) is 0 Å². The second kappa shape index (κ2) is 7.98. The fraction of sp³-hybridized carbons (Fsp3) is 0.556. The molecule has 23 heavy (non-hydrogen) atoms. The van der Waals surface area contributed by atoms with E-state index in [0.29, 0.717) is 0 Å². The van der Waals surface area contributed by atoms with Crippen molar-refractivity contribution in [1.29, 1.82) is 0 Å². The third kappa shape index (κ3) is 8.77. The van der Waals surface area contributed by atoms with Crippen LogP contribution in [0.15, 0.2) is 30.3 Å². The topological polar surface area (TPSA) is 52.6 Å². The van der Waals surface area contributed by atoms with E-state index < -0.39 is 16.0 Å². The molecule has 0 aliphatic rings. The molecule has 0 saturated heterocycles. The van der Waals surface area contributed by atoms with Gasteiger partial charge in [-0.25, -0.2) is 0 Å². The zero-order chi connectivity index (χ0) is 17.7. The Hall–Kier alpha value is -1.32. The second-order valence-electron chi connectivity index (χ2n) is 7.24. The normalized spacial score (nSPS) is 13.3. The van der Waals surface area contributed by atoms with Crippen LogP contribution in [0.4, 0.5) is 0 Å². The monoisotopic (exact) mass is 386 g/mol. The van der Waals surface area contributed by atoms with Crippen LogP contribution in [-0.2, 0) is 19.1 Å². The maximum absolute atomic E-state index is 12.4. The molecule has 1 aromatic rings. The second-order valence-corrected chi connectivity index (χ2v) is 9.92. The number of benzene rings is 1. The predicted octanol–water partition coefficient (Wildman–Crippen LogP) is 2.88. The van der Waals surface area contributed by atoms with Gasteiger partial charge in [0, 0.05) is 0 Å². The van der Waals surface area contributed by atoms with Crippen molar-refractivity contribution in [2.45, 2.75) is 64.0 Å². The molecular formula is C18H26O4Se. The molecule has 0 heterocycles. The third-order valence-electron chi connectivity index (χ3n) is 2.46. The molecule has 4 nitrogen and oxygen atoms in total. The number of rotatable bonds is 5. The first kappa shape index (κ1) is 19.7. The summed E-state index contributed by atoms with van der Waals surface area (Å²) in [6, 6.07) is 9.71. The Labute approximate surface area is 145 Å². The molecule has 0 N–H and O–H groups in total. The van der Waals surface area contributed by atoms with Crippen molar-refractivity contribution in [2.75, 3.05) is 0 Å². The van der Waals surface area contributed by atoms with Crippen molar-refractivity contribution in [1.82, 2.24) is 0 Å². The van der Waals surface area contributed by atoms with Crippen molar-refractivity contribution in [2.24, 2.45) is 0 Å². The molecule has 128 valence electrons. The van der Waals surface area contributed by atoms with Gasteiger partial charge in [0.1, 0.15) is 0 Å². The van der Waals surface area contributed by atoms with E-state index >= 15 is 0 Å². The number of carbonyl (C=O) groups is 2. The van der Waals surface area contributed by atoms with Crippen molar-refractivity contribution < 1.29 is 19.1 Å². The Morgan fingerprint density at radius 3 is 1.96 bits per heavy atom. The first-order chi connectivity index (χ1) is 10.5. The molecule has 1 aromatic carbocycles. The van der Waals surface area contributed by atoms with Crippen molar-refractivity contribution >= 4 is 31.4 Å². The van der Waals surface area contributed by atoms with Gasteiger partial charge in [0.25, 0.3) is 0 Å². The van der Waals surface area contributed by atoms with Crippen LogP contribution in [0.5, 0.6) is 0 Å². The van der Waals surface area contributed by atoms with Crippen LogP contribution in [-0.4, -0.2) is 38.1 Å². The van der Waals surface area contributed by atoms with E-state index in [1.54, 1.807) is 0 Å². The van der Waals surface area contributed by atoms with E-state index in [1.807, 2.05) is 71.9 Å². The van der Waals surface area contributed by atoms with Crippen LogP contribution in [0.3, 0.4) is 0 Å². The Bertz CT molecular complexity index is 526. The number of esters is 2. The van der Waals surface area contributed by atoms with E-state index in [-0.39, 0.29) is 33.3 Å². The average Bonchev–Trinajstić information content (AvgIpc) is 2.34. The minimum atomic E-state index is -0.573.